The lowest BCUT2D eigenvalue weighted by Gasteiger charge is -1.98. The second-order valence-electron chi connectivity index (χ2n) is 2.59. The molecule has 1 aromatic heterocycles. The summed E-state index contributed by atoms with van der Waals surface area (Å²) in [5.74, 6) is 0.598. The minimum Gasteiger partial charge on any atom is -0.396 e. The van der Waals surface area contributed by atoms with Crippen LogP contribution in [0.3, 0.4) is 0 Å². The number of aliphatic hydroxyl groups is 1. The van der Waals surface area contributed by atoms with Crippen molar-refractivity contribution in [2.45, 2.75) is 26.3 Å². The zero-order valence-electron chi connectivity index (χ0n) is 6.73. The van der Waals surface area contributed by atoms with Crippen LogP contribution in [0.5, 0.6) is 0 Å². The number of nitrogens with zero attached hydrogens (tertiary/aromatic N) is 4. The molecule has 0 spiro atoms. The van der Waals surface area contributed by atoms with Crippen LogP contribution in [-0.4, -0.2) is 31.9 Å². The number of aliphatic hydroxyl groups excluding tert-OH is 1. The van der Waals surface area contributed by atoms with Gasteiger partial charge in [0.2, 0.25) is 0 Å². The fraction of sp³-hybridized carbons (Fsp3) is 0.833. The van der Waals surface area contributed by atoms with Crippen LogP contribution in [0.2, 0.25) is 0 Å². The largest absolute Gasteiger partial charge is 0.396 e. The topological polar surface area (TPSA) is 63.8 Å². The second-order valence-corrected chi connectivity index (χ2v) is 2.59. The van der Waals surface area contributed by atoms with Gasteiger partial charge in [0.15, 0.2) is 5.82 Å². The van der Waals surface area contributed by atoms with Gasteiger partial charge in [-0.3, -0.25) is 0 Å². The van der Waals surface area contributed by atoms with Crippen LogP contribution in [0.15, 0.2) is 0 Å². The Labute approximate surface area is 65.0 Å². The van der Waals surface area contributed by atoms with Crippen LogP contribution >= 0.6 is 0 Å². The van der Waals surface area contributed by atoms with Crippen molar-refractivity contribution in [2.24, 2.45) is 0 Å². The van der Waals surface area contributed by atoms with Gasteiger partial charge in [0.1, 0.15) is 0 Å². The maximum absolute atomic E-state index is 8.55. The van der Waals surface area contributed by atoms with Crippen molar-refractivity contribution in [3.63, 3.8) is 0 Å². The quantitative estimate of drug-likeness (QED) is 0.657. The molecular weight excluding hydrogens is 144 g/mol. The average Bonchev–Trinajstić information content (AvgIpc) is 2.37. The Kier molecular flexibility index (Phi) is 2.53. The molecule has 1 N–H and O–H groups in total. The summed E-state index contributed by atoms with van der Waals surface area (Å²) in [6.07, 6.45) is 0.479. The van der Waals surface area contributed by atoms with Gasteiger partial charge in [0.25, 0.3) is 0 Å². The first kappa shape index (κ1) is 8.13. The highest BCUT2D eigenvalue weighted by atomic mass is 16.3. The first-order chi connectivity index (χ1) is 5.24. The van der Waals surface area contributed by atoms with Crippen LogP contribution in [0.4, 0.5) is 0 Å². The summed E-state index contributed by atoms with van der Waals surface area (Å²) in [4.78, 5) is 1.53. The Bertz CT molecular complexity index is 220. The molecule has 0 aliphatic carbocycles. The third-order valence-electron chi connectivity index (χ3n) is 1.27. The SMILES string of the molecule is CC(C)n1nnc(CCO)n1. The molecule has 0 bridgehead atoms. The second kappa shape index (κ2) is 3.43. The van der Waals surface area contributed by atoms with Crippen LogP contribution in [0.1, 0.15) is 25.7 Å². The molecule has 0 aliphatic heterocycles. The fourth-order valence-electron chi connectivity index (χ4n) is 0.674. The normalized spacial score (nSPS) is 10.9. The molecule has 0 saturated carbocycles. The highest BCUT2D eigenvalue weighted by Gasteiger charge is 2.03. The Morgan fingerprint density at radius 1 is 1.55 bits per heavy atom. The molecule has 0 radical (unpaired) electrons. The van der Waals surface area contributed by atoms with E-state index >= 15 is 0 Å². The van der Waals surface area contributed by atoms with Crippen molar-refractivity contribution in [2.75, 3.05) is 6.61 Å². The summed E-state index contributed by atoms with van der Waals surface area (Å²) < 4.78 is 0. The van der Waals surface area contributed by atoms with Crippen LogP contribution < -0.4 is 0 Å². The average molecular weight is 156 g/mol. The first-order valence-electron chi connectivity index (χ1n) is 3.63. The number of hydrogen-bond donors (Lipinski definition) is 1. The van der Waals surface area contributed by atoms with Gasteiger partial charge in [0.05, 0.1) is 12.6 Å². The van der Waals surface area contributed by atoms with Crippen molar-refractivity contribution in [3.05, 3.63) is 5.82 Å². The third kappa shape index (κ3) is 1.98. The van der Waals surface area contributed by atoms with Gasteiger partial charge >= 0.3 is 0 Å². The Hall–Kier alpha value is -0.970. The lowest BCUT2D eigenvalue weighted by atomic mass is 10.4. The van der Waals surface area contributed by atoms with E-state index in [1.54, 1.807) is 0 Å². The molecule has 5 nitrogen and oxygen atoms in total. The van der Waals surface area contributed by atoms with E-state index in [-0.39, 0.29) is 12.6 Å². The third-order valence-corrected chi connectivity index (χ3v) is 1.27. The van der Waals surface area contributed by atoms with Crippen LogP contribution in [0, 0.1) is 0 Å². The molecule has 5 heteroatoms. The monoisotopic (exact) mass is 156 g/mol. The van der Waals surface area contributed by atoms with Gasteiger partial charge in [-0.2, -0.15) is 4.80 Å². The zero-order chi connectivity index (χ0) is 8.27. The number of hydrogen-bond acceptors (Lipinski definition) is 4. The molecule has 1 rings (SSSR count). The first-order valence-corrected chi connectivity index (χ1v) is 3.63. The molecule has 11 heavy (non-hydrogen) atoms. The predicted molar refractivity (Wildman–Crippen MR) is 39.0 cm³/mol. The standard InChI is InChI=1S/C6H12N4O/c1-5(2)10-8-6(3-4-11)7-9-10/h5,11H,3-4H2,1-2H3. The van der Waals surface area contributed by atoms with E-state index in [1.165, 1.54) is 4.80 Å². The highest BCUT2D eigenvalue weighted by Crippen LogP contribution is 1.97. The van der Waals surface area contributed by atoms with E-state index in [0.29, 0.717) is 12.2 Å². The minimum absolute atomic E-state index is 0.0732. The number of tetrazole rings is 1. The van der Waals surface area contributed by atoms with Gasteiger partial charge in [-0.15, -0.1) is 10.2 Å². The molecule has 0 saturated heterocycles. The summed E-state index contributed by atoms with van der Waals surface area (Å²) in [6, 6.07) is 0.231. The van der Waals surface area contributed by atoms with E-state index < -0.39 is 0 Å². The van der Waals surface area contributed by atoms with Crippen molar-refractivity contribution < 1.29 is 5.11 Å². The molecule has 0 amide bonds. The minimum atomic E-state index is 0.0732. The van der Waals surface area contributed by atoms with Crippen LogP contribution in [0.25, 0.3) is 0 Å². The Morgan fingerprint density at radius 3 is 2.73 bits per heavy atom. The summed E-state index contributed by atoms with van der Waals surface area (Å²) in [5.41, 5.74) is 0. The van der Waals surface area contributed by atoms with Crippen LogP contribution in [-0.2, 0) is 6.42 Å². The summed E-state index contributed by atoms with van der Waals surface area (Å²) in [6.45, 7) is 4.03. The molecule has 1 heterocycles. The highest BCUT2D eigenvalue weighted by molar-refractivity contribution is 4.76. The zero-order valence-corrected chi connectivity index (χ0v) is 6.73. The maximum atomic E-state index is 8.55. The van der Waals surface area contributed by atoms with Gasteiger partial charge < -0.3 is 5.11 Å². The molecule has 0 aliphatic rings. The lowest BCUT2D eigenvalue weighted by Crippen LogP contribution is -2.05. The summed E-state index contributed by atoms with van der Waals surface area (Å²) >= 11 is 0. The Morgan fingerprint density at radius 2 is 2.27 bits per heavy atom. The van der Waals surface area contributed by atoms with Crippen molar-refractivity contribution >= 4 is 0 Å². The van der Waals surface area contributed by atoms with E-state index in [0.717, 1.165) is 0 Å². The smallest absolute Gasteiger partial charge is 0.177 e. The fourth-order valence-corrected chi connectivity index (χ4v) is 0.674. The van der Waals surface area contributed by atoms with Gasteiger partial charge in [0, 0.05) is 6.42 Å². The van der Waals surface area contributed by atoms with E-state index in [9.17, 15) is 0 Å². The van der Waals surface area contributed by atoms with Gasteiger partial charge in [-0.05, 0) is 19.1 Å². The van der Waals surface area contributed by atoms with Crippen molar-refractivity contribution in [3.8, 4) is 0 Å². The van der Waals surface area contributed by atoms with E-state index in [2.05, 4.69) is 15.4 Å². The van der Waals surface area contributed by atoms with E-state index in [4.69, 9.17) is 5.11 Å². The molecule has 0 atom stereocenters. The van der Waals surface area contributed by atoms with Crippen molar-refractivity contribution in [1.29, 1.82) is 0 Å². The number of aromatic nitrogens is 4. The molecular formula is C6H12N4O. The number of rotatable bonds is 3. The Balaban J connectivity index is 2.66. The van der Waals surface area contributed by atoms with Gasteiger partial charge in [-0.1, -0.05) is 0 Å². The molecule has 62 valence electrons. The summed E-state index contributed by atoms with van der Waals surface area (Å²) in [7, 11) is 0. The molecule has 1 aromatic rings. The van der Waals surface area contributed by atoms with E-state index in [1.807, 2.05) is 13.8 Å². The maximum Gasteiger partial charge on any atom is 0.177 e. The predicted octanol–water partition coefficient (Wildman–Crippen LogP) is -0.211. The molecule has 0 unspecified atom stereocenters. The van der Waals surface area contributed by atoms with Gasteiger partial charge in [-0.25, -0.2) is 0 Å². The van der Waals surface area contributed by atoms with Crippen molar-refractivity contribution in [1.82, 2.24) is 20.2 Å². The molecule has 0 fully saturated rings. The summed E-state index contributed by atoms with van der Waals surface area (Å²) in [5, 5.41) is 20.1. The molecule has 0 aromatic carbocycles. The lowest BCUT2D eigenvalue weighted by molar-refractivity contribution is 0.296.